The second-order valence-electron chi connectivity index (χ2n) is 7.07. The van der Waals surface area contributed by atoms with E-state index in [1.54, 1.807) is 12.3 Å². The molecule has 29 heavy (non-hydrogen) atoms. The van der Waals surface area contributed by atoms with Gasteiger partial charge in [-0.25, -0.2) is 4.79 Å². The maximum atomic E-state index is 12.9. The Kier molecular flexibility index (Phi) is 5.76. The van der Waals surface area contributed by atoms with E-state index in [0.29, 0.717) is 0 Å². The fourth-order valence-electron chi connectivity index (χ4n) is 3.16. The van der Waals surface area contributed by atoms with Gasteiger partial charge in [-0.05, 0) is 51.0 Å². The quantitative estimate of drug-likeness (QED) is 0.516. The van der Waals surface area contributed by atoms with Crippen LogP contribution in [-0.2, 0) is 4.79 Å². The van der Waals surface area contributed by atoms with Crippen LogP contribution in [0.5, 0.6) is 0 Å². The summed E-state index contributed by atoms with van der Waals surface area (Å²) in [6, 6.07) is 8.13. The monoisotopic (exact) mass is 398 g/mol. The van der Waals surface area contributed by atoms with Gasteiger partial charge in [0.1, 0.15) is 11.7 Å². The standard InChI is InChI=1S/C20H22N4O5/c1-12(16-5-3-4-10-21-16)22-17-9-6-14(11-18(17)24(28)29)19(25)23(15-7-8-15)13(2)20(26)27/h3-6,9-13,15,22H,7-8H2,1-2H3,(H,26,27). The first-order chi connectivity index (χ1) is 13.8. The zero-order chi connectivity index (χ0) is 21.1. The number of pyridine rings is 1. The number of nitro groups is 1. The van der Waals surface area contributed by atoms with Crippen molar-refractivity contribution in [1.29, 1.82) is 0 Å². The van der Waals surface area contributed by atoms with Gasteiger partial charge >= 0.3 is 5.97 Å². The highest BCUT2D eigenvalue weighted by molar-refractivity contribution is 5.98. The molecule has 1 aliphatic rings. The third kappa shape index (κ3) is 4.50. The lowest BCUT2D eigenvalue weighted by atomic mass is 10.1. The van der Waals surface area contributed by atoms with Crippen LogP contribution >= 0.6 is 0 Å². The highest BCUT2D eigenvalue weighted by Gasteiger charge is 2.39. The molecule has 1 fully saturated rings. The molecular formula is C20H22N4O5. The Hall–Kier alpha value is -3.49. The van der Waals surface area contributed by atoms with E-state index in [9.17, 15) is 24.8 Å². The molecule has 1 aliphatic carbocycles. The Morgan fingerprint density at radius 1 is 1.28 bits per heavy atom. The second kappa shape index (κ2) is 8.26. The van der Waals surface area contributed by atoms with Gasteiger partial charge in [-0.15, -0.1) is 0 Å². The van der Waals surface area contributed by atoms with Crippen molar-refractivity contribution in [2.45, 2.75) is 44.8 Å². The first-order valence-electron chi connectivity index (χ1n) is 9.31. The number of rotatable bonds is 8. The number of carboxylic acid groups (broad SMARTS) is 1. The molecule has 1 amide bonds. The number of carbonyl (C=O) groups excluding carboxylic acids is 1. The van der Waals surface area contributed by atoms with Gasteiger partial charge in [-0.3, -0.25) is 19.9 Å². The van der Waals surface area contributed by atoms with Gasteiger partial charge in [0.05, 0.1) is 16.7 Å². The zero-order valence-corrected chi connectivity index (χ0v) is 16.1. The Balaban J connectivity index is 1.88. The van der Waals surface area contributed by atoms with Crippen LogP contribution in [0.2, 0.25) is 0 Å². The summed E-state index contributed by atoms with van der Waals surface area (Å²) in [6.45, 7) is 3.27. The zero-order valence-electron chi connectivity index (χ0n) is 16.1. The van der Waals surface area contributed by atoms with Crippen molar-refractivity contribution < 1.29 is 19.6 Å². The van der Waals surface area contributed by atoms with Crippen LogP contribution in [0.1, 0.15) is 48.8 Å². The molecule has 3 rings (SSSR count). The Morgan fingerprint density at radius 2 is 2.00 bits per heavy atom. The predicted octanol–water partition coefficient (Wildman–Crippen LogP) is 3.24. The number of nitro benzene ring substituents is 1. The topological polar surface area (TPSA) is 126 Å². The number of nitrogens with one attached hydrogen (secondary N) is 1. The van der Waals surface area contributed by atoms with E-state index in [4.69, 9.17) is 0 Å². The number of hydrogen-bond donors (Lipinski definition) is 2. The van der Waals surface area contributed by atoms with Gasteiger partial charge in [-0.2, -0.15) is 0 Å². The summed E-state index contributed by atoms with van der Waals surface area (Å²) in [5.74, 6) is -1.63. The lowest BCUT2D eigenvalue weighted by molar-refractivity contribution is -0.384. The third-order valence-electron chi connectivity index (χ3n) is 4.89. The highest BCUT2D eigenvalue weighted by Crippen LogP contribution is 2.33. The normalized spacial score (nSPS) is 15.2. The Bertz CT molecular complexity index is 930. The van der Waals surface area contributed by atoms with Gasteiger partial charge in [0.15, 0.2) is 0 Å². The number of carboxylic acids is 1. The van der Waals surface area contributed by atoms with Crippen LogP contribution in [0.4, 0.5) is 11.4 Å². The number of benzene rings is 1. The van der Waals surface area contributed by atoms with Crippen molar-refractivity contribution in [3.05, 3.63) is 64.0 Å². The summed E-state index contributed by atoms with van der Waals surface area (Å²) in [6.07, 6.45) is 3.10. The molecule has 9 heteroatoms. The van der Waals surface area contributed by atoms with E-state index >= 15 is 0 Å². The molecule has 0 saturated heterocycles. The molecule has 1 saturated carbocycles. The van der Waals surface area contributed by atoms with Gasteiger partial charge in [-0.1, -0.05) is 6.07 Å². The van der Waals surface area contributed by atoms with E-state index in [1.165, 1.54) is 30.0 Å². The molecule has 0 spiro atoms. The summed E-state index contributed by atoms with van der Waals surface area (Å²) in [5, 5.41) is 24.0. The largest absolute Gasteiger partial charge is 0.480 e. The molecule has 0 aliphatic heterocycles. The first-order valence-corrected chi connectivity index (χ1v) is 9.31. The van der Waals surface area contributed by atoms with E-state index in [2.05, 4.69) is 10.3 Å². The van der Waals surface area contributed by atoms with Crippen LogP contribution in [-0.4, -0.2) is 43.9 Å². The molecule has 0 radical (unpaired) electrons. The number of aliphatic carboxylic acids is 1. The molecule has 2 unspecified atom stereocenters. The summed E-state index contributed by atoms with van der Waals surface area (Å²) in [4.78, 5) is 40.9. The van der Waals surface area contributed by atoms with E-state index < -0.39 is 22.8 Å². The molecule has 2 N–H and O–H groups in total. The molecule has 1 aromatic heterocycles. The number of aromatic nitrogens is 1. The van der Waals surface area contributed by atoms with Crippen molar-refractivity contribution in [2.24, 2.45) is 0 Å². The van der Waals surface area contributed by atoms with Crippen molar-refractivity contribution in [1.82, 2.24) is 9.88 Å². The van der Waals surface area contributed by atoms with Crippen molar-refractivity contribution in [3.8, 4) is 0 Å². The number of carbonyl (C=O) groups is 2. The van der Waals surface area contributed by atoms with Crippen LogP contribution in [0, 0.1) is 10.1 Å². The van der Waals surface area contributed by atoms with Crippen LogP contribution < -0.4 is 5.32 Å². The first kappa shape index (κ1) is 20.2. The second-order valence-corrected chi connectivity index (χ2v) is 7.07. The summed E-state index contributed by atoms with van der Waals surface area (Å²) in [5.41, 5.74) is 0.816. The molecule has 2 atom stereocenters. The fourth-order valence-corrected chi connectivity index (χ4v) is 3.16. The SMILES string of the molecule is CC(Nc1ccc(C(=O)N(C2CC2)C(C)C(=O)O)cc1[N+](=O)[O-])c1ccccn1. The van der Waals surface area contributed by atoms with E-state index in [0.717, 1.165) is 18.5 Å². The lowest BCUT2D eigenvalue weighted by Crippen LogP contribution is -2.44. The maximum Gasteiger partial charge on any atom is 0.326 e. The van der Waals surface area contributed by atoms with Crippen LogP contribution in [0.3, 0.4) is 0 Å². The number of nitrogens with zero attached hydrogens (tertiary/aromatic N) is 3. The average Bonchev–Trinajstić information content (AvgIpc) is 3.53. The molecule has 9 nitrogen and oxygen atoms in total. The maximum absolute atomic E-state index is 12.9. The van der Waals surface area contributed by atoms with E-state index in [-0.39, 0.29) is 29.0 Å². The third-order valence-corrected chi connectivity index (χ3v) is 4.89. The molecule has 152 valence electrons. The minimum Gasteiger partial charge on any atom is -0.480 e. The van der Waals surface area contributed by atoms with Crippen molar-refractivity contribution >= 4 is 23.3 Å². The van der Waals surface area contributed by atoms with Crippen molar-refractivity contribution in [2.75, 3.05) is 5.32 Å². The number of amides is 1. The van der Waals surface area contributed by atoms with Gasteiger partial charge in [0, 0.05) is 23.9 Å². The van der Waals surface area contributed by atoms with Gasteiger partial charge in [0.2, 0.25) is 0 Å². The summed E-state index contributed by atoms with van der Waals surface area (Å²) >= 11 is 0. The fraction of sp³-hybridized carbons (Fsp3) is 0.350. The molecule has 0 bridgehead atoms. The average molecular weight is 398 g/mol. The summed E-state index contributed by atoms with van der Waals surface area (Å²) < 4.78 is 0. The Labute approximate surface area is 167 Å². The Morgan fingerprint density at radius 3 is 2.55 bits per heavy atom. The summed E-state index contributed by atoms with van der Waals surface area (Å²) in [7, 11) is 0. The van der Waals surface area contributed by atoms with Crippen LogP contribution in [0.25, 0.3) is 0 Å². The number of anilines is 1. The highest BCUT2D eigenvalue weighted by atomic mass is 16.6. The number of hydrogen-bond acceptors (Lipinski definition) is 6. The molecular weight excluding hydrogens is 376 g/mol. The minimum atomic E-state index is -1.11. The molecule has 1 aromatic carbocycles. The van der Waals surface area contributed by atoms with E-state index in [1.807, 2.05) is 19.1 Å². The predicted molar refractivity (Wildman–Crippen MR) is 106 cm³/mol. The van der Waals surface area contributed by atoms with Crippen molar-refractivity contribution in [3.63, 3.8) is 0 Å². The molecule has 1 heterocycles. The van der Waals surface area contributed by atoms with Gasteiger partial charge in [0.25, 0.3) is 11.6 Å². The lowest BCUT2D eigenvalue weighted by Gasteiger charge is -2.26. The van der Waals surface area contributed by atoms with Crippen LogP contribution in [0.15, 0.2) is 42.6 Å². The minimum absolute atomic E-state index is 0.0905. The smallest absolute Gasteiger partial charge is 0.326 e. The molecule has 2 aromatic rings. The van der Waals surface area contributed by atoms with Gasteiger partial charge < -0.3 is 15.3 Å².